The highest BCUT2D eigenvalue weighted by Gasteiger charge is 2.49. The van der Waals surface area contributed by atoms with Crippen LogP contribution in [0.4, 0.5) is 17.1 Å². The van der Waals surface area contributed by atoms with E-state index in [1.54, 1.807) is 0 Å². The maximum atomic E-state index is 13.7. The molecule has 0 radical (unpaired) electrons. The Morgan fingerprint density at radius 3 is 2.07 bits per heavy atom. The Kier molecular flexibility index (Phi) is 7.26. The van der Waals surface area contributed by atoms with Gasteiger partial charge in [-0.3, -0.25) is 15.0 Å². The molecule has 4 N–H and O–H groups in total. The van der Waals surface area contributed by atoms with Crippen molar-refractivity contribution in [2.24, 2.45) is 5.41 Å². The van der Waals surface area contributed by atoms with E-state index >= 15 is 0 Å². The van der Waals surface area contributed by atoms with E-state index in [0.717, 1.165) is 60.5 Å². The molecule has 41 heavy (non-hydrogen) atoms. The molecule has 3 heterocycles. The first-order valence-electron chi connectivity index (χ1n) is 14.6. The van der Waals surface area contributed by atoms with Crippen LogP contribution in [0.5, 0.6) is 0 Å². The number of rotatable bonds is 5. The number of carbonyl (C=O) groups is 2. The van der Waals surface area contributed by atoms with E-state index in [4.69, 9.17) is 11.1 Å². The number of amides is 2. The van der Waals surface area contributed by atoms with E-state index < -0.39 is 0 Å². The summed E-state index contributed by atoms with van der Waals surface area (Å²) in [7, 11) is 2.15. The molecule has 3 aromatic rings. The fourth-order valence-electron chi connectivity index (χ4n) is 6.46. The zero-order valence-corrected chi connectivity index (χ0v) is 23.8. The number of nitrogens with two attached hydrogens (primary N) is 2. The molecule has 1 spiro atoms. The van der Waals surface area contributed by atoms with Gasteiger partial charge in [-0.25, -0.2) is 0 Å². The molecule has 6 rings (SSSR count). The summed E-state index contributed by atoms with van der Waals surface area (Å²) in [6, 6.07) is 21.9. The van der Waals surface area contributed by atoms with Gasteiger partial charge in [-0.2, -0.15) is 0 Å². The summed E-state index contributed by atoms with van der Waals surface area (Å²) in [6.45, 7) is 6.03. The van der Waals surface area contributed by atoms with E-state index in [0.29, 0.717) is 38.2 Å². The number of likely N-dealkylation sites (tertiary alicyclic amines) is 1. The zero-order chi connectivity index (χ0) is 28.6. The van der Waals surface area contributed by atoms with Gasteiger partial charge in [0.2, 0.25) is 5.91 Å². The maximum Gasteiger partial charge on any atom is 0.253 e. The summed E-state index contributed by atoms with van der Waals surface area (Å²) in [5.74, 6) is 0.238. The minimum atomic E-state index is -0.385. The fourth-order valence-corrected chi connectivity index (χ4v) is 6.46. The van der Waals surface area contributed by atoms with Crippen LogP contribution in [0.25, 0.3) is 11.1 Å². The van der Waals surface area contributed by atoms with Gasteiger partial charge < -0.3 is 25.3 Å². The molecule has 0 bridgehead atoms. The van der Waals surface area contributed by atoms with Gasteiger partial charge in [0, 0.05) is 68.4 Å². The first-order valence-corrected chi connectivity index (χ1v) is 14.6. The number of carbonyl (C=O) groups excluding carboxylic acids is 2. The highest BCUT2D eigenvalue weighted by atomic mass is 16.2. The van der Waals surface area contributed by atoms with E-state index in [2.05, 4.69) is 29.0 Å². The van der Waals surface area contributed by atoms with Crippen molar-refractivity contribution in [2.75, 3.05) is 68.4 Å². The lowest BCUT2D eigenvalue weighted by molar-refractivity contribution is -0.127. The van der Waals surface area contributed by atoms with Crippen molar-refractivity contribution in [1.29, 1.82) is 0 Å². The third-order valence-electron chi connectivity index (χ3n) is 9.28. The van der Waals surface area contributed by atoms with Crippen molar-refractivity contribution < 1.29 is 15.0 Å². The average molecular weight is 552 g/mol. The summed E-state index contributed by atoms with van der Waals surface area (Å²) in [5.41, 5.74) is 11.9. The van der Waals surface area contributed by atoms with Crippen LogP contribution in [-0.4, -0.2) is 80.7 Å². The minimum Gasteiger partial charge on any atom is -0.398 e. The van der Waals surface area contributed by atoms with Gasteiger partial charge in [-0.1, -0.05) is 18.2 Å². The van der Waals surface area contributed by atoms with Gasteiger partial charge in [0.15, 0.2) is 6.21 Å². The Bertz CT molecular complexity index is 1440. The van der Waals surface area contributed by atoms with Crippen molar-refractivity contribution in [2.45, 2.75) is 19.3 Å². The van der Waals surface area contributed by atoms with Crippen LogP contribution in [0.2, 0.25) is 0 Å². The van der Waals surface area contributed by atoms with Crippen LogP contribution in [0.1, 0.15) is 35.2 Å². The molecule has 3 fully saturated rings. The zero-order valence-electron chi connectivity index (χ0n) is 23.8. The highest BCUT2D eigenvalue weighted by Crippen LogP contribution is 2.43. The predicted octanol–water partition coefficient (Wildman–Crippen LogP) is 2.52. The Labute approximate surface area is 241 Å². The summed E-state index contributed by atoms with van der Waals surface area (Å²) >= 11 is 0. The van der Waals surface area contributed by atoms with Crippen LogP contribution >= 0.6 is 0 Å². The van der Waals surface area contributed by atoms with Crippen molar-refractivity contribution in [3.05, 3.63) is 77.9 Å². The Morgan fingerprint density at radius 1 is 0.805 bits per heavy atom. The largest absolute Gasteiger partial charge is 0.398 e. The second-order valence-corrected chi connectivity index (χ2v) is 11.7. The molecule has 2 amide bonds. The van der Waals surface area contributed by atoms with E-state index in [1.807, 2.05) is 64.4 Å². The number of hydrogen-bond donors (Lipinski definition) is 2. The second kappa shape index (κ2) is 11.0. The molecular weight excluding hydrogens is 512 g/mol. The fraction of sp³-hybridized carbons (Fsp3) is 0.364. The number of anilines is 3. The summed E-state index contributed by atoms with van der Waals surface area (Å²) in [6.07, 6.45) is 3.74. The van der Waals surface area contributed by atoms with E-state index in [-0.39, 0.29) is 17.2 Å². The van der Waals surface area contributed by atoms with Gasteiger partial charge >= 0.3 is 0 Å². The highest BCUT2D eigenvalue weighted by molar-refractivity contribution is 6.00. The molecule has 212 valence electrons. The van der Waals surface area contributed by atoms with E-state index in [9.17, 15) is 9.59 Å². The minimum absolute atomic E-state index is 0.0562. The lowest BCUT2D eigenvalue weighted by Gasteiger charge is -2.38. The third-order valence-corrected chi connectivity index (χ3v) is 9.28. The standard InChI is InChI=1S/C33H38N6O2/c1-36-18-20-37(21-19-36)28-7-4-25(5-8-28)31(40)38-15-12-33(13-16-38)14-17-39(32(33)41)29-9-2-24(3-10-29)26-6-11-30(35)27(22-26)23-34/h2-11,22-23,34H,12-21,35H2,1H3/p+1. The van der Waals surface area contributed by atoms with Crippen molar-refractivity contribution in [3.8, 4) is 11.1 Å². The van der Waals surface area contributed by atoms with Crippen LogP contribution in [0.3, 0.4) is 0 Å². The lowest BCUT2D eigenvalue weighted by Crippen LogP contribution is -2.46. The van der Waals surface area contributed by atoms with E-state index in [1.165, 1.54) is 11.9 Å². The topological polar surface area (TPSA) is 98.7 Å². The Morgan fingerprint density at radius 2 is 1.41 bits per heavy atom. The molecule has 8 heteroatoms. The van der Waals surface area contributed by atoms with Gasteiger partial charge in [0.1, 0.15) is 0 Å². The number of hydrogen-bond acceptors (Lipinski definition) is 5. The number of benzene rings is 3. The van der Waals surface area contributed by atoms with Crippen molar-refractivity contribution in [1.82, 2.24) is 9.80 Å². The number of nitrogens with zero attached hydrogens (tertiary/aromatic N) is 4. The predicted molar refractivity (Wildman–Crippen MR) is 164 cm³/mol. The quantitative estimate of drug-likeness (QED) is 0.375. The van der Waals surface area contributed by atoms with Gasteiger partial charge in [0.05, 0.1) is 11.0 Å². The molecule has 0 unspecified atom stereocenters. The molecule has 3 aliphatic rings. The molecule has 0 saturated carbocycles. The van der Waals surface area contributed by atoms with Crippen LogP contribution in [0, 0.1) is 5.41 Å². The second-order valence-electron chi connectivity index (χ2n) is 11.7. The molecule has 0 atom stereocenters. The third kappa shape index (κ3) is 5.20. The number of nitrogen functional groups attached to an aromatic ring is 1. The van der Waals surface area contributed by atoms with Gasteiger partial charge in [-0.15, -0.1) is 0 Å². The number of piperidine rings is 1. The van der Waals surface area contributed by atoms with Gasteiger partial charge in [-0.05, 0) is 86.0 Å². The average Bonchev–Trinajstić information content (AvgIpc) is 3.32. The van der Waals surface area contributed by atoms with Gasteiger partial charge in [0.25, 0.3) is 5.91 Å². The monoisotopic (exact) mass is 551 g/mol. The number of piperazine rings is 1. The first kappa shape index (κ1) is 27.0. The molecule has 8 nitrogen and oxygen atoms in total. The van der Waals surface area contributed by atoms with Crippen molar-refractivity contribution >= 4 is 35.1 Å². The Hall–Kier alpha value is -4.17. The van der Waals surface area contributed by atoms with Crippen LogP contribution in [0.15, 0.2) is 66.7 Å². The molecule has 0 aromatic heterocycles. The maximum absolute atomic E-state index is 13.7. The first-order chi connectivity index (χ1) is 19.9. The SMILES string of the molecule is CN1CCN(c2ccc(C(=O)N3CCC4(CC3)CCN(c3ccc(-c5ccc(N)c(C=[NH2+])c5)cc3)C4=O)cc2)CC1. The summed E-state index contributed by atoms with van der Waals surface area (Å²) in [4.78, 5) is 35.5. The Balaban J connectivity index is 1.07. The molecular formula is C33H39N6O2+. The summed E-state index contributed by atoms with van der Waals surface area (Å²) < 4.78 is 0. The molecule has 3 saturated heterocycles. The smallest absolute Gasteiger partial charge is 0.253 e. The lowest BCUT2D eigenvalue weighted by atomic mass is 9.77. The summed E-state index contributed by atoms with van der Waals surface area (Å²) in [5, 5.41) is 5.70. The number of likely N-dealkylation sites (N-methyl/N-ethyl adjacent to an activating group) is 1. The molecule has 0 aliphatic carbocycles. The molecule has 3 aliphatic heterocycles. The van der Waals surface area contributed by atoms with Crippen LogP contribution in [-0.2, 0) is 4.79 Å². The van der Waals surface area contributed by atoms with Crippen LogP contribution < -0.4 is 20.9 Å². The molecule has 3 aromatic carbocycles. The normalized spacial score (nSPS) is 19.1. The van der Waals surface area contributed by atoms with Crippen molar-refractivity contribution in [3.63, 3.8) is 0 Å².